The van der Waals surface area contributed by atoms with E-state index >= 15 is 0 Å². The molecule has 0 aromatic heterocycles. The Morgan fingerprint density at radius 2 is 2.22 bits per heavy atom. The average molecular weight is 451 g/mol. The summed E-state index contributed by atoms with van der Waals surface area (Å²) < 4.78 is 0. The molecule has 1 fully saturated rings. The zero-order chi connectivity index (χ0) is 15.9. The van der Waals surface area contributed by atoms with Gasteiger partial charge in [-0.1, -0.05) is 29.8 Å². The van der Waals surface area contributed by atoms with Crippen LogP contribution in [0.25, 0.3) is 0 Å². The van der Waals surface area contributed by atoms with Crippen molar-refractivity contribution in [2.24, 2.45) is 16.6 Å². The van der Waals surface area contributed by atoms with E-state index in [1.165, 1.54) is 0 Å². The van der Waals surface area contributed by atoms with Crippen LogP contribution in [0.4, 0.5) is 0 Å². The van der Waals surface area contributed by atoms with Crippen molar-refractivity contribution >= 4 is 47.4 Å². The lowest BCUT2D eigenvalue weighted by Crippen LogP contribution is -2.46. The summed E-state index contributed by atoms with van der Waals surface area (Å²) in [7, 11) is 1.77. The third kappa shape index (κ3) is 6.18. The molecule has 3 N–H and O–H groups in total. The predicted molar refractivity (Wildman–Crippen MR) is 105 cm³/mol. The number of aliphatic imine (C=N–C) groups is 1. The first-order valence-electron chi connectivity index (χ1n) is 7.57. The summed E-state index contributed by atoms with van der Waals surface area (Å²) >= 11 is 6.17. The standard InChI is InChI=1S/C16H23ClN4O.HI/c1-19-16(20-10-13-6-2-3-7-14(13)17)21-8-4-5-12(11-21)9-15(18)22;/h2-3,6-7,12H,4-5,8-11H2,1H3,(H2,18,22)(H,19,20);1H. The van der Waals surface area contributed by atoms with Gasteiger partial charge in [-0.15, -0.1) is 24.0 Å². The van der Waals surface area contributed by atoms with E-state index in [4.69, 9.17) is 17.3 Å². The second-order valence-electron chi connectivity index (χ2n) is 5.62. The molecular formula is C16H24ClIN4O. The molecule has 7 heteroatoms. The largest absolute Gasteiger partial charge is 0.370 e. The second kappa shape index (κ2) is 9.97. The highest BCUT2D eigenvalue weighted by atomic mass is 127. The van der Waals surface area contributed by atoms with Crippen molar-refractivity contribution in [1.29, 1.82) is 0 Å². The van der Waals surface area contributed by atoms with Gasteiger partial charge in [0.2, 0.25) is 5.91 Å². The molecule has 1 unspecified atom stereocenters. The number of nitrogens with one attached hydrogen (secondary N) is 1. The van der Waals surface area contributed by atoms with Crippen molar-refractivity contribution < 1.29 is 4.79 Å². The number of primary amides is 1. The summed E-state index contributed by atoms with van der Waals surface area (Å²) in [6, 6.07) is 7.76. The summed E-state index contributed by atoms with van der Waals surface area (Å²) in [6.07, 6.45) is 2.53. The van der Waals surface area contributed by atoms with Crippen LogP contribution in [0.1, 0.15) is 24.8 Å². The molecule has 1 aliphatic heterocycles. The molecule has 1 aromatic carbocycles. The molecule has 1 heterocycles. The van der Waals surface area contributed by atoms with E-state index in [-0.39, 0.29) is 29.9 Å². The lowest BCUT2D eigenvalue weighted by atomic mass is 9.95. The lowest BCUT2D eigenvalue weighted by Gasteiger charge is -2.34. The molecule has 1 saturated heterocycles. The number of hydrogen-bond donors (Lipinski definition) is 2. The van der Waals surface area contributed by atoms with Crippen molar-refractivity contribution in [3.8, 4) is 0 Å². The number of benzene rings is 1. The maximum atomic E-state index is 11.1. The molecule has 1 aliphatic rings. The maximum absolute atomic E-state index is 11.1. The highest BCUT2D eigenvalue weighted by Gasteiger charge is 2.23. The Kier molecular flexibility index (Phi) is 8.68. The van der Waals surface area contributed by atoms with Crippen molar-refractivity contribution in [3.63, 3.8) is 0 Å². The average Bonchev–Trinajstić information content (AvgIpc) is 2.49. The zero-order valence-electron chi connectivity index (χ0n) is 13.3. The van der Waals surface area contributed by atoms with Gasteiger partial charge in [-0.3, -0.25) is 9.79 Å². The Labute approximate surface area is 159 Å². The summed E-state index contributed by atoms with van der Waals surface area (Å²) in [4.78, 5) is 17.6. The van der Waals surface area contributed by atoms with Crippen LogP contribution in [0, 0.1) is 5.92 Å². The molecule has 0 spiro atoms. The number of hydrogen-bond acceptors (Lipinski definition) is 2. The van der Waals surface area contributed by atoms with Crippen molar-refractivity contribution in [1.82, 2.24) is 10.2 Å². The van der Waals surface area contributed by atoms with Crippen LogP contribution in [0.5, 0.6) is 0 Å². The van der Waals surface area contributed by atoms with E-state index < -0.39 is 0 Å². The molecule has 0 aliphatic carbocycles. The quantitative estimate of drug-likeness (QED) is 0.421. The van der Waals surface area contributed by atoms with Crippen molar-refractivity contribution in [3.05, 3.63) is 34.9 Å². The number of nitrogens with two attached hydrogens (primary N) is 1. The fourth-order valence-electron chi connectivity index (χ4n) is 2.86. The number of piperidine rings is 1. The zero-order valence-corrected chi connectivity index (χ0v) is 16.4. The molecule has 1 atom stereocenters. The van der Waals surface area contributed by atoms with Gasteiger partial charge in [-0.2, -0.15) is 0 Å². The normalized spacial score (nSPS) is 18.3. The molecule has 0 bridgehead atoms. The molecule has 0 saturated carbocycles. The van der Waals surface area contributed by atoms with E-state index in [0.29, 0.717) is 18.9 Å². The number of likely N-dealkylation sites (tertiary alicyclic amines) is 1. The molecular weight excluding hydrogens is 427 g/mol. The van der Waals surface area contributed by atoms with Gasteiger partial charge in [-0.05, 0) is 30.4 Å². The van der Waals surface area contributed by atoms with Crippen LogP contribution in [-0.2, 0) is 11.3 Å². The first-order valence-corrected chi connectivity index (χ1v) is 7.95. The molecule has 0 radical (unpaired) electrons. The van der Waals surface area contributed by atoms with Crippen LogP contribution in [-0.4, -0.2) is 36.9 Å². The summed E-state index contributed by atoms with van der Waals surface area (Å²) in [5, 5.41) is 4.09. The third-order valence-electron chi connectivity index (χ3n) is 3.91. The van der Waals surface area contributed by atoms with Gasteiger partial charge in [0, 0.05) is 38.1 Å². The SMILES string of the molecule is CN=C(NCc1ccccc1Cl)N1CCCC(CC(N)=O)C1.I. The van der Waals surface area contributed by atoms with Crippen LogP contribution in [0.3, 0.4) is 0 Å². The number of amides is 1. The molecule has 2 rings (SSSR count). The van der Waals surface area contributed by atoms with E-state index in [1.807, 2.05) is 24.3 Å². The number of carbonyl (C=O) groups is 1. The fourth-order valence-corrected chi connectivity index (χ4v) is 3.06. The molecule has 1 aromatic rings. The Balaban J connectivity index is 0.00000264. The van der Waals surface area contributed by atoms with Crippen molar-refractivity contribution in [2.45, 2.75) is 25.8 Å². The minimum atomic E-state index is -0.231. The van der Waals surface area contributed by atoms with E-state index in [2.05, 4.69) is 15.2 Å². The van der Waals surface area contributed by atoms with Gasteiger partial charge >= 0.3 is 0 Å². The van der Waals surface area contributed by atoms with Crippen LogP contribution < -0.4 is 11.1 Å². The van der Waals surface area contributed by atoms with E-state index in [1.54, 1.807) is 7.05 Å². The van der Waals surface area contributed by atoms with Gasteiger partial charge in [0.15, 0.2) is 5.96 Å². The first-order chi connectivity index (χ1) is 10.6. The Bertz CT molecular complexity index is 553. The summed E-state index contributed by atoms with van der Waals surface area (Å²) in [5.41, 5.74) is 6.35. The number of halogens is 2. The van der Waals surface area contributed by atoms with Crippen molar-refractivity contribution in [2.75, 3.05) is 20.1 Å². The summed E-state index contributed by atoms with van der Waals surface area (Å²) in [5.74, 6) is 0.921. The first kappa shape index (κ1) is 20.0. The van der Waals surface area contributed by atoms with Crippen LogP contribution in [0.2, 0.25) is 5.02 Å². The summed E-state index contributed by atoms with van der Waals surface area (Å²) in [6.45, 7) is 2.38. The topological polar surface area (TPSA) is 70.7 Å². The van der Waals surface area contributed by atoms with Gasteiger partial charge < -0.3 is 16.0 Å². The lowest BCUT2D eigenvalue weighted by molar-refractivity contribution is -0.119. The highest BCUT2D eigenvalue weighted by molar-refractivity contribution is 14.0. The van der Waals surface area contributed by atoms with Gasteiger partial charge in [0.05, 0.1) is 0 Å². The smallest absolute Gasteiger partial charge is 0.217 e. The number of rotatable bonds is 4. The monoisotopic (exact) mass is 450 g/mol. The van der Waals surface area contributed by atoms with Gasteiger partial charge in [0.25, 0.3) is 0 Å². The van der Waals surface area contributed by atoms with Gasteiger partial charge in [0.1, 0.15) is 0 Å². The number of guanidine groups is 1. The Hall–Kier alpha value is -1.02. The minimum Gasteiger partial charge on any atom is -0.370 e. The molecule has 1 amide bonds. The number of carbonyl (C=O) groups excluding carboxylic acids is 1. The predicted octanol–water partition coefficient (Wildman–Crippen LogP) is 2.62. The minimum absolute atomic E-state index is 0. The maximum Gasteiger partial charge on any atom is 0.217 e. The third-order valence-corrected chi connectivity index (χ3v) is 4.28. The fraction of sp³-hybridized carbons (Fsp3) is 0.500. The van der Waals surface area contributed by atoms with E-state index in [9.17, 15) is 4.79 Å². The molecule has 23 heavy (non-hydrogen) atoms. The Morgan fingerprint density at radius 1 is 1.48 bits per heavy atom. The Morgan fingerprint density at radius 3 is 2.87 bits per heavy atom. The highest BCUT2D eigenvalue weighted by Crippen LogP contribution is 2.20. The van der Waals surface area contributed by atoms with Crippen LogP contribution >= 0.6 is 35.6 Å². The second-order valence-corrected chi connectivity index (χ2v) is 6.02. The number of nitrogens with zero attached hydrogens (tertiary/aromatic N) is 2. The molecule has 5 nitrogen and oxygen atoms in total. The van der Waals surface area contributed by atoms with Gasteiger partial charge in [-0.25, -0.2) is 0 Å². The molecule has 128 valence electrons. The van der Waals surface area contributed by atoms with Crippen LogP contribution in [0.15, 0.2) is 29.3 Å². The van der Waals surface area contributed by atoms with E-state index in [0.717, 1.165) is 42.5 Å².